The molecule has 88 valence electrons. The standard InChI is InChI=1S/C12H11FN2O2/c1-8-6-9(7-12(16)17)14-15(8)11-5-3-2-4-10(11)13/h2-6H,7H2,1H3,(H,16,17). The molecule has 0 fully saturated rings. The molecule has 0 bridgehead atoms. The summed E-state index contributed by atoms with van der Waals surface area (Å²) in [6.07, 6.45) is -0.164. The summed E-state index contributed by atoms with van der Waals surface area (Å²) in [6.45, 7) is 1.75. The number of rotatable bonds is 3. The molecule has 1 heterocycles. The second-order valence-electron chi connectivity index (χ2n) is 3.71. The van der Waals surface area contributed by atoms with Gasteiger partial charge in [0, 0.05) is 5.69 Å². The van der Waals surface area contributed by atoms with Gasteiger partial charge >= 0.3 is 5.97 Å². The van der Waals surface area contributed by atoms with Crippen LogP contribution >= 0.6 is 0 Å². The fraction of sp³-hybridized carbons (Fsp3) is 0.167. The van der Waals surface area contributed by atoms with E-state index >= 15 is 0 Å². The first-order valence-electron chi connectivity index (χ1n) is 5.10. The van der Waals surface area contributed by atoms with Gasteiger partial charge in [-0.15, -0.1) is 0 Å². The number of benzene rings is 1. The topological polar surface area (TPSA) is 55.1 Å². The second kappa shape index (κ2) is 4.37. The number of nitrogens with zero attached hydrogens (tertiary/aromatic N) is 2. The molecule has 0 aliphatic heterocycles. The molecular formula is C12H11FN2O2. The highest BCUT2D eigenvalue weighted by molar-refractivity contribution is 5.69. The highest BCUT2D eigenvalue weighted by Gasteiger charge is 2.11. The minimum absolute atomic E-state index is 0.164. The molecule has 0 radical (unpaired) electrons. The van der Waals surface area contributed by atoms with Crippen molar-refractivity contribution in [2.75, 3.05) is 0 Å². The molecule has 0 atom stereocenters. The normalized spacial score (nSPS) is 10.5. The van der Waals surface area contributed by atoms with Crippen LogP contribution in [0.2, 0.25) is 0 Å². The van der Waals surface area contributed by atoms with Crippen LogP contribution in [0.3, 0.4) is 0 Å². The average Bonchev–Trinajstić information content (AvgIpc) is 2.59. The Morgan fingerprint density at radius 1 is 1.47 bits per heavy atom. The quantitative estimate of drug-likeness (QED) is 0.883. The van der Waals surface area contributed by atoms with E-state index in [1.54, 1.807) is 31.2 Å². The van der Waals surface area contributed by atoms with E-state index in [2.05, 4.69) is 5.10 Å². The number of halogens is 1. The van der Waals surface area contributed by atoms with Crippen LogP contribution in [0.15, 0.2) is 30.3 Å². The Balaban J connectivity index is 2.43. The summed E-state index contributed by atoms with van der Waals surface area (Å²) >= 11 is 0. The van der Waals surface area contributed by atoms with Crippen molar-refractivity contribution < 1.29 is 14.3 Å². The van der Waals surface area contributed by atoms with E-state index < -0.39 is 5.97 Å². The van der Waals surface area contributed by atoms with Gasteiger partial charge < -0.3 is 5.11 Å². The molecule has 0 aliphatic carbocycles. The maximum atomic E-state index is 13.5. The van der Waals surface area contributed by atoms with E-state index in [4.69, 9.17) is 5.11 Å². The average molecular weight is 234 g/mol. The van der Waals surface area contributed by atoms with Crippen molar-refractivity contribution in [2.24, 2.45) is 0 Å². The molecule has 0 amide bonds. The Labute approximate surface area is 97.3 Å². The molecule has 5 heteroatoms. The molecule has 1 aromatic carbocycles. The van der Waals surface area contributed by atoms with Gasteiger partial charge in [0.1, 0.15) is 11.5 Å². The summed E-state index contributed by atoms with van der Waals surface area (Å²) in [5, 5.41) is 12.7. The summed E-state index contributed by atoms with van der Waals surface area (Å²) in [5.74, 6) is -1.34. The number of aliphatic carboxylic acids is 1. The van der Waals surface area contributed by atoms with Gasteiger partial charge in [-0.1, -0.05) is 12.1 Å². The third kappa shape index (κ3) is 2.33. The molecule has 1 N–H and O–H groups in total. The van der Waals surface area contributed by atoms with Gasteiger partial charge in [-0.05, 0) is 25.1 Å². The minimum atomic E-state index is -0.955. The number of para-hydroxylation sites is 1. The lowest BCUT2D eigenvalue weighted by Gasteiger charge is -2.04. The van der Waals surface area contributed by atoms with E-state index in [9.17, 15) is 9.18 Å². The lowest BCUT2D eigenvalue weighted by Crippen LogP contribution is -2.04. The van der Waals surface area contributed by atoms with Crippen LogP contribution in [-0.2, 0) is 11.2 Å². The number of carboxylic acid groups (broad SMARTS) is 1. The zero-order chi connectivity index (χ0) is 12.4. The SMILES string of the molecule is Cc1cc(CC(=O)O)nn1-c1ccccc1F. The lowest BCUT2D eigenvalue weighted by molar-refractivity contribution is -0.136. The van der Waals surface area contributed by atoms with E-state index in [0.717, 1.165) is 0 Å². The Hall–Kier alpha value is -2.17. The molecule has 2 rings (SSSR count). The van der Waals surface area contributed by atoms with Gasteiger partial charge in [0.2, 0.25) is 0 Å². The molecule has 0 aliphatic rings. The summed E-state index contributed by atoms with van der Waals surface area (Å²) in [7, 11) is 0. The van der Waals surface area contributed by atoms with E-state index in [-0.39, 0.29) is 12.2 Å². The van der Waals surface area contributed by atoms with Crippen LogP contribution < -0.4 is 0 Å². The van der Waals surface area contributed by atoms with Gasteiger partial charge in [-0.2, -0.15) is 5.10 Å². The fourth-order valence-electron chi connectivity index (χ4n) is 1.65. The second-order valence-corrected chi connectivity index (χ2v) is 3.71. The highest BCUT2D eigenvalue weighted by atomic mass is 19.1. The molecule has 0 saturated carbocycles. The zero-order valence-corrected chi connectivity index (χ0v) is 9.22. The maximum Gasteiger partial charge on any atom is 0.309 e. The van der Waals surface area contributed by atoms with Gasteiger partial charge in [0.15, 0.2) is 0 Å². The maximum absolute atomic E-state index is 13.5. The third-order valence-corrected chi connectivity index (χ3v) is 2.35. The summed E-state index contributed by atoms with van der Waals surface area (Å²) in [4.78, 5) is 10.6. The van der Waals surface area contributed by atoms with E-state index in [1.807, 2.05) is 0 Å². The lowest BCUT2D eigenvalue weighted by atomic mass is 10.3. The first-order valence-corrected chi connectivity index (χ1v) is 5.10. The molecule has 0 saturated heterocycles. The Morgan fingerprint density at radius 3 is 2.82 bits per heavy atom. The van der Waals surface area contributed by atoms with Crippen molar-refractivity contribution >= 4 is 5.97 Å². The van der Waals surface area contributed by atoms with Crippen LogP contribution in [0.1, 0.15) is 11.4 Å². The smallest absolute Gasteiger partial charge is 0.309 e. The number of carboxylic acids is 1. The van der Waals surface area contributed by atoms with Gasteiger partial charge in [-0.3, -0.25) is 4.79 Å². The summed E-state index contributed by atoms with van der Waals surface area (Å²) in [5.41, 5.74) is 1.44. The highest BCUT2D eigenvalue weighted by Crippen LogP contribution is 2.15. The molecule has 1 aromatic heterocycles. The predicted molar refractivity (Wildman–Crippen MR) is 59.6 cm³/mol. The number of hydrogen-bond donors (Lipinski definition) is 1. The Morgan fingerprint density at radius 2 is 2.18 bits per heavy atom. The fourth-order valence-corrected chi connectivity index (χ4v) is 1.65. The van der Waals surface area contributed by atoms with Crippen molar-refractivity contribution in [3.8, 4) is 5.69 Å². The van der Waals surface area contributed by atoms with Crippen LogP contribution in [0.4, 0.5) is 4.39 Å². The van der Waals surface area contributed by atoms with Crippen molar-refractivity contribution in [1.82, 2.24) is 9.78 Å². The molecular weight excluding hydrogens is 223 g/mol. The molecule has 17 heavy (non-hydrogen) atoms. The zero-order valence-electron chi connectivity index (χ0n) is 9.22. The van der Waals surface area contributed by atoms with Gasteiger partial charge in [0.05, 0.1) is 12.1 Å². The van der Waals surface area contributed by atoms with Crippen molar-refractivity contribution in [1.29, 1.82) is 0 Å². The molecule has 0 unspecified atom stereocenters. The van der Waals surface area contributed by atoms with Crippen molar-refractivity contribution in [3.63, 3.8) is 0 Å². The first-order chi connectivity index (χ1) is 8.08. The molecule has 4 nitrogen and oxygen atoms in total. The number of hydrogen-bond acceptors (Lipinski definition) is 2. The van der Waals surface area contributed by atoms with E-state index in [1.165, 1.54) is 10.7 Å². The number of carbonyl (C=O) groups is 1. The van der Waals surface area contributed by atoms with Crippen LogP contribution in [0.5, 0.6) is 0 Å². The van der Waals surface area contributed by atoms with Crippen LogP contribution in [-0.4, -0.2) is 20.9 Å². The predicted octanol–water partition coefficient (Wildman–Crippen LogP) is 1.95. The Kier molecular flexibility index (Phi) is 2.91. The third-order valence-electron chi connectivity index (χ3n) is 2.35. The van der Waals surface area contributed by atoms with E-state index in [0.29, 0.717) is 17.1 Å². The Bertz CT molecular complexity index is 563. The van der Waals surface area contributed by atoms with Crippen LogP contribution in [0.25, 0.3) is 5.69 Å². The molecule has 2 aromatic rings. The van der Waals surface area contributed by atoms with Crippen LogP contribution in [0, 0.1) is 12.7 Å². The summed E-state index contributed by atoms with van der Waals surface area (Å²) in [6, 6.07) is 7.87. The summed E-state index contributed by atoms with van der Waals surface area (Å²) < 4.78 is 15.0. The largest absolute Gasteiger partial charge is 0.481 e. The number of aryl methyl sites for hydroxylation is 1. The van der Waals surface area contributed by atoms with Crippen molar-refractivity contribution in [2.45, 2.75) is 13.3 Å². The molecule has 0 spiro atoms. The monoisotopic (exact) mass is 234 g/mol. The van der Waals surface area contributed by atoms with Gasteiger partial charge in [-0.25, -0.2) is 9.07 Å². The van der Waals surface area contributed by atoms with Gasteiger partial charge in [0.25, 0.3) is 0 Å². The first kappa shape index (κ1) is 11.3. The minimum Gasteiger partial charge on any atom is -0.481 e. The number of aromatic nitrogens is 2. The van der Waals surface area contributed by atoms with Crippen molar-refractivity contribution in [3.05, 3.63) is 47.5 Å².